The molecule has 4 rings (SSSR count). The van der Waals surface area contributed by atoms with Gasteiger partial charge in [0.05, 0.1) is 5.02 Å². The summed E-state index contributed by atoms with van der Waals surface area (Å²) < 4.78 is 11.1. The van der Waals surface area contributed by atoms with Crippen LogP contribution in [-0.2, 0) is 0 Å². The van der Waals surface area contributed by atoms with Gasteiger partial charge in [-0.3, -0.25) is 5.10 Å². The monoisotopic (exact) mass is 445 g/mol. The molecule has 0 bridgehead atoms. The smallest absolute Gasteiger partial charge is 0.415 e. The van der Waals surface area contributed by atoms with Crippen molar-refractivity contribution in [2.24, 2.45) is 5.92 Å². The second kappa shape index (κ2) is 9.82. The molecule has 156 valence electrons. The van der Waals surface area contributed by atoms with E-state index < -0.39 is 0 Å². The van der Waals surface area contributed by atoms with E-state index in [2.05, 4.69) is 20.2 Å². The number of aromatic amines is 1. The minimum atomic E-state index is -0.330. The van der Waals surface area contributed by atoms with E-state index in [4.69, 9.17) is 21.1 Å². The van der Waals surface area contributed by atoms with Crippen molar-refractivity contribution >= 4 is 29.5 Å². The summed E-state index contributed by atoms with van der Waals surface area (Å²) in [5.74, 6) is 2.99. The fraction of sp³-hybridized carbons (Fsp3) is 0.300. The molecular weight excluding hydrogens is 426 g/mol. The first-order valence-electron chi connectivity index (χ1n) is 9.50. The summed E-state index contributed by atoms with van der Waals surface area (Å²) in [7, 11) is 0. The normalized spacial score (nSPS) is 14.5. The molecule has 0 spiro atoms. The number of piperidine rings is 1. The number of aromatic nitrogens is 4. The van der Waals surface area contributed by atoms with Crippen molar-refractivity contribution in [1.29, 1.82) is 0 Å². The third-order valence-corrected chi connectivity index (χ3v) is 5.98. The number of ether oxygens (including phenoxy) is 2. The van der Waals surface area contributed by atoms with Gasteiger partial charge in [-0.25, -0.2) is 14.8 Å². The Hall–Kier alpha value is -2.78. The van der Waals surface area contributed by atoms with Gasteiger partial charge in [-0.1, -0.05) is 23.4 Å². The maximum absolute atomic E-state index is 12.4. The number of nitrogens with zero attached hydrogens (tertiary/aromatic N) is 4. The molecule has 1 saturated heterocycles. The summed E-state index contributed by atoms with van der Waals surface area (Å²) in [6.45, 7) is 1.36. The topological polar surface area (TPSA) is 93.2 Å². The van der Waals surface area contributed by atoms with Crippen LogP contribution in [0.1, 0.15) is 12.8 Å². The number of carbonyl (C=O) groups is 1. The fourth-order valence-corrected chi connectivity index (χ4v) is 4.10. The molecule has 1 fully saturated rings. The van der Waals surface area contributed by atoms with Crippen molar-refractivity contribution in [3.63, 3.8) is 0 Å². The van der Waals surface area contributed by atoms with Crippen molar-refractivity contribution in [2.75, 3.05) is 18.8 Å². The number of rotatable bonds is 6. The average Bonchev–Trinajstić information content (AvgIpc) is 3.29. The van der Waals surface area contributed by atoms with Gasteiger partial charge in [0.25, 0.3) is 0 Å². The summed E-state index contributed by atoms with van der Waals surface area (Å²) in [6.07, 6.45) is 4.64. The molecule has 3 heterocycles. The zero-order valence-corrected chi connectivity index (χ0v) is 17.6. The first-order valence-corrected chi connectivity index (χ1v) is 10.9. The number of hydrogen-bond acceptors (Lipinski definition) is 7. The van der Waals surface area contributed by atoms with Gasteiger partial charge < -0.3 is 14.4 Å². The lowest BCUT2D eigenvalue weighted by Gasteiger charge is -2.30. The Morgan fingerprint density at radius 2 is 1.90 bits per heavy atom. The van der Waals surface area contributed by atoms with Crippen LogP contribution < -0.4 is 9.47 Å². The van der Waals surface area contributed by atoms with Crippen molar-refractivity contribution in [1.82, 2.24) is 25.1 Å². The summed E-state index contributed by atoms with van der Waals surface area (Å²) in [4.78, 5) is 22.4. The van der Waals surface area contributed by atoms with Crippen LogP contribution in [0.15, 0.2) is 54.1 Å². The number of amides is 1. The van der Waals surface area contributed by atoms with Gasteiger partial charge in [-0.05, 0) is 49.1 Å². The molecule has 0 radical (unpaired) electrons. The molecule has 8 nitrogen and oxygen atoms in total. The van der Waals surface area contributed by atoms with Crippen LogP contribution in [0.3, 0.4) is 0 Å². The second-order valence-electron chi connectivity index (χ2n) is 6.78. The lowest BCUT2D eigenvalue weighted by atomic mass is 9.99. The van der Waals surface area contributed by atoms with Gasteiger partial charge >= 0.3 is 6.09 Å². The molecule has 3 aromatic rings. The van der Waals surface area contributed by atoms with Gasteiger partial charge in [0.2, 0.25) is 11.0 Å². The summed E-state index contributed by atoms with van der Waals surface area (Å²) in [5, 5.41) is 8.07. The molecule has 1 aromatic carbocycles. The Morgan fingerprint density at radius 3 is 2.57 bits per heavy atom. The van der Waals surface area contributed by atoms with Gasteiger partial charge in [0.15, 0.2) is 0 Å². The average molecular weight is 446 g/mol. The number of carbonyl (C=O) groups excluding carboxylic acids is 1. The number of pyridine rings is 1. The number of H-pyrrole nitrogens is 1. The van der Waals surface area contributed by atoms with Gasteiger partial charge in [0.1, 0.15) is 17.8 Å². The number of halogens is 1. The summed E-state index contributed by atoms with van der Waals surface area (Å²) in [6, 6.07) is 10.2. The number of nitrogens with one attached hydrogen (secondary N) is 1. The Balaban J connectivity index is 1.22. The molecule has 30 heavy (non-hydrogen) atoms. The maximum Gasteiger partial charge on any atom is 0.415 e. The standard InChI is InChI=1S/C20H20ClN5O3S/c21-15-1-6-18(22-11-15)28-16-2-4-17(5-3-16)29-20(27)26-9-7-14(8-10-26)12-30-19-23-13-24-25-19/h1-6,11,13-14H,7-10,12H2,(H,23,24,25). The molecule has 2 aromatic heterocycles. The lowest BCUT2D eigenvalue weighted by molar-refractivity contribution is 0.134. The number of hydrogen-bond donors (Lipinski definition) is 1. The van der Waals surface area contributed by atoms with E-state index >= 15 is 0 Å². The Morgan fingerprint density at radius 1 is 1.13 bits per heavy atom. The Kier molecular flexibility index (Phi) is 6.70. The number of thioether (sulfide) groups is 1. The largest absolute Gasteiger partial charge is 0.439 e. The van der Waals surface area contributed by atoms with Gasteiger partial charge in [-0.2, -0.15) is 0 Å². The highest BCUT2D eigenvalue weighted by molar-refractivity contribution is 7.99. The minimum absolute atomic E-state index is 0.330. The zero-order valence-electron chi connectivity index (χ0n) is 16.0. The third kappa shape index (κ3) is 5.64. The van der Waals surface area contributed by atoms with E-state index in [0.717, 1.165) is 23.8 Å². The van der Waals surface area contributed by atoms with E-state index in [-0.39, 0.29) is 6.09 Å². The van der Waals surface area contributed by atoms with E-state index in [1.165, 1.54) is 6.20 Å². The second-order valence-corrected chi connectivity index (χ2v) is 8.20. The van der Waals surface area contributed by atoms with Crippen molar-refractivity contribution < 1.29 is 14.3 Å². The molecule has 1 aliphatic heterocycles. The van der Waals surface area contributed by atoms with Crippen LogP contribution >= 0.6 is 23.4 Å². The minimum Gasteiger partial charge on any atom is -0.439 e. The molecule has 0 unspecified atom stereocenters. The van der Waals surface area contributed by atoms with Gasteiger partial charge in [0, 0.05) is 31.1 Å². The zero-order chi connectivity index (χ0) is 20.8. The van der Waals surface area contributed by atoms with E-state index in [0.29, 0.717) is 41.4 Å². The molecule has 1 amide bonds. The summed E-state index contributed by atoms with van der Waals surface area (Å²) >= 11 is 7.45. The molecule has 1 aliphatic rings. The molecule has 0 aliphatic carbocycles. The molecule has 0 saturated carbocycles. The first kappa shape index (κ1) is 20.5. The quantitative estimate of drug-likeness (QED) is 0.552. The maximum atomic E-state index is 12.4. The van der Waals surface area contributed by atoms with Crippen LogP contribution in [0.25, 0.3) is 0 Å². The molecular formula is C20H20ClN5O3S. The van der Waals surface area contributed by atoms with Crippen molar-refractivity contribution in [3.05, 3.63) is 53.9 Å². The van der Waals surface area contributed by atoms with Crippen LogP contribution in [0.5, 0.6) is 17.4 Å². The Bertz CT molecular complexity index is 946. The highest BCUT2D eigenvalue weighted by atomic mass is 35.5. The lowest BCUT2D eigenvalue weighted by Crippen LogP contribution is -2.40. The summed E-state index contributed by atoms with van der Waals surface area (Å²) in [5.41, 5.74) is 0. The predicted octanol–water partition coefficient (Wildman–Crippen LogP) is 4.65. The molecule has 0 atom stereocenters. The number of benzene rings is 1. The van der Waals surface area contributed by atoms with Crippen LogP contribution in [-0.4, -0.2) is 50.0 Å². The SMILES string of the molecule is O=C(Oc1ccc(Oc2ccc(Cl)cn2)cc1)N1CCC(CSc2nc[nH]n2)CC1. The Labute approximate surface area is 183 Å². The van der Waals surface area contributed by atoms with Crippen LogP contribution in [0.4, 0.5) is 4.79 Å². The number of likely N-dealkylation sites (tertiary alicyclic amines) is 1. The van der Waals surface area contributed by atoms with Crippen LogP contribution in [0.2, 0.25) is 5.02 Å². The third-order valence-electron chi connectivity index (χ3n) is 4.67. The van der Waals surface area contributed by atoms with E-state index in [9.17, 15) is 4.79 Å². The predicted molar refractivity (Wildman–Crippen MR) is 113 cm³/mol. The van der Waals surface area contributed by atoms with Crippen LogP contribution in [0, 0.1) is 5.92 Å². The highest BCUT2D eigenvalue weighted by Crippen LogP contribution is 2.26. The van der Waals surface area contributed by atoms with E-state index in [1.807, 2.05) is 0 Å². The van der Waals surface area contributed by atoms with Crippen molar-refractivity contribution in [3.8, 4) is 17.4 Å². The molecule has 1 N–H and O–H groups in total. The van der Waals surface area contributed by atoms with Gasteiger partial charge in [-0.15, -0.1) is 5.10 Å². The molecule has 10 heteroatoms. The fourth-order valence-electron chi connectivity index (χ4n) is 3.03. The van der Waals surface area contributed by atoms with E-state index in [1.54, 1.807) is 59.4 Å². The van der Waals surface area contributed by atoms with Crippen molar-refractivity contribution in [2.45, 2.75) is 18.0 Å². The highest BCUT2D eigenvalue weighted by Gasteiger charge is 2.24. The first-order chi connectivity index (χ1) is 14.7.